The lowest BCUT2D eigenvalue weighted by atomic mass is 10.3. The van der Waals surface area contributed by atoms with Gasteiger partial charge in [-0.15, -0.1) is 0 Å². The number of carbonyl (C=O) groups is 4. The molecule has 0 atom stereocenters. The predicted octanol–water partition coefficient (Wildman–Crippen LogP) is 5.20. The first-order valence-electron chi connectivity index (χ1n) is 14.0. The van der Waals surface area contributed by atoms with Gasteiger partial charge in [0, 0.05) is 28.4 Å². The fourth-order valence-corrected chi connectivity index (χ4v) is 4.95. The number of hydrogen-bond donors (Lipinski definition) is 0. The number of rotatable bonds is 24. The highest BCUT2D eigenvalue weighted by atomic mass is 31.2. The number of hydrogen-bond acceptors (Lipinski definition) is 16. The molecule has 1 aromatic rings. The monoisotopic (exact) mass is 718 g/mol. The first-order chi connectivity index (χ1) is 22.5. The molecule has 0 aliphatic heterocycles. The van der Waals surface area contributed by atoms with E-state index in [4.69, 9.17) is 46.1 Å². The number of phosphoric acid groups is 2. The average molecular weight is 719 g/mol. The summed E-state index contributed by atoms with van der Waals surface area (Å²) in [6.45, 7) is 16.5. The smallest absolute Gasteiger partial charge is 0.460 e. The summed E-state index contributed by atoms with van der Waals surface area (Å²) in [6, 6.07) is 5.17. The molecule has 0 aliphatic carbocycles. The SMILES string of the molecule is C=C(C)C(=O)OCCOP(=O)(OCCOC(=O)C(=C)C)Oc1cccc(OP(=O)(OCCOC(=O)C(=C)C)OCCOC(=O)C(=C)C)c1. The standard InChI is InChI=1S/C30H40O16P2/c1-21(2)27(31)37-12-16-41-47(35,42-17-13-38-28(32)22(3)4)45-25-10-9-11-26(20-25)46-48(36,43-18-14-39-29(33)23(5)6)44-19-15-40-30(34)24(7)8/h9-11,20H,1,3,5,7,12-19H2,2,4,6,8H3. The van der Waals surface area contributed by atoms with Crippen molar-refractivity contribution in [3.05, 3.63) is 72.9 Å². The molecule has 0 amide bonds. The van der Waals surface area contributed by atoms with Gasteiger partial charge in [-0.25, -0.2) is 28.3 Å². The van der Waals surface area contributed by atoms with Gasteiger partial charge in [0.15, 0.2) is 0 Å². The van der Waals surface area contributed by atoms with E-state index in [0.29, 0.717) is 0 Å². The molecule has 16 nitrogen and oxygen atoms in total. The predicted molar refractivity (Wildman–Crippen MR) is 170 cm³/mol. The molecule has 0 saturated carbocycles. The van der Waals surface area contributed by atoms with Gasteiger partial charge in [-0.1, -0.05) is 32.4 Å². The van der Waals surface area contributed by atoms with Crippen LogP contribution < -0.4 is 9.05 Å². The maximum absolute atomic E-state index is 13.5. The summed E-state index contributed by atoms with van der Waals surface area (Å²) in [6.07, 6.45) is 0. The number of carbonyl (C=O) groups excluding carboxylic acids is 4. The summed E-state index contributed by atoms with van der Waals surface area (Å²) in [7, 11) is -8.97. The van der Waals surface area contributed by atoms with Crippen LogP contribution in [0.4, 0.5) is 0 Å². The second-order valence-corrected chi connectivity index (χ2v) is 12.7. The Balaban J connectivity index is 3.08. The van der Waals surface area contributed by atoms with Gasteiger partial charge in [-0.3, -0.25) is 18.1 Å². The third-order valence-electron chi connectivity index (χ3n) is 4.90. The molecule has 0 radical (unpaired) electrons. The van der Waals surface area contributed by atoms with Crippen LogP contribution in [0.2, 0.25) is 0 Å². The summed E-state index contributed by atoms with van der Waals surface area (Å²) in [4.78, 5) is 46.6. The van der Waals surface area contributed by atoms with Crippen molar-refractivity contribution in [1.82, 2.24) is 0 Å². The van der Waals surface area contributed by atoms with Crippen molar-refractivity contribution in [1.29, 1.82) is 0 Å². The summed E-state index contributed by atoms with van der Waals surface area (Å²) in [5.41, 5.74) is 0.529. The molecule has 0 unspecified atom stereocenters. The van der Waals surface area contributed by atoms with E-state index in [9.17, 15) is 28.3 Å². The van der Waals surface area contributed by atoms with E-state index in [1.807, 2.05) is 0 Å². The maximum Gasteiger partial charge on any atom is 0.530 e. The molecule has 0 spiro atoms. The Labute approximate surface area is 278 Å². The first-order valence-corrected chi connectivity index (χ1v) is 17.0. The Morgan fingerprint density at radius 2 is 0.750 bits per heavy atom. The fraction of sp³-hybridized carbons (Fsp3) is 0.400. The van der Waals surface area contributed by atoms with Crippen LogP contribution in [0.1, 0.15) is 27.7 Å². The van der Waals surface area contributed by atoms with Crippen molar-refractivity contribution < 1.29 is 74.4 Å². The summed E-state index contributed by atoms with van der Waals surface area (Å²) >= 11 is 0. The van der Waals surface area contributed by atoms with E-state index in [-0.39, 0.29) is 60.2 Å². The fourth-order valence-electron chi connectivity index (χ4n) is 2.65. The van der Waals surface area contributed by atoms with E-state index in [2.05, 4.69) is 26.3 Å². The Kier molecular flexibility index (Phi) is 18.4. The number of esters is 4. The van der Waals surface area contributed by atoms with Crippen LogP contribution in [-0.2, 0) is 65.4 Å². The van der Waals surface area contributed by atoms with Gasteiger partial charge in [-0.05, 0) is 39.8 Å². The highest BCUT2D eigenvalue weighted by Crippen LogP contribution is 2.52. The second kappa shape index (κ2) is 21.0. The van der Waals surface area contributed by atoms with E-state index >= 15 is 0 Å². The Morgan fingerprint density at radius 3 is 0.979 bits per heavy atom. The van der Waals surface area contributed by atoms with Crippen LogP contribution in [0.25, 0.3) is 0 Å². The van der Waals surface area contributed by atoms with Crippen LogP contribution in [0.15, 0.2) is 72.9 Å². The van der Waals surface area contributed by atoms with Crippen molar-refractivity contribution in [3.63, 3.8) is 0 Å². The third kappa shape index (κ3) is 17.2. The molecule has 0 heterocycles. The molecular formula is C30H40O16P2. The van der Waals surface area contributed by atoms with Crippen molar-refractivity contribution in [3.8, 4) is 11.5 Å². The van der Waals surface area contributed by atoms with Crippen LogP contribution in [0.3, 0.4) is 0 Å². The van der Waals surface area contributed by atoms with Gasteiger partial charge in [0.1, 0.15) is 37.9 Å². The average Bonchev–Trinajstić information content (AvgIpc) is 3.01. The molecule has 1 rings (SSSR count). The third-order valence-corrected chi connectivity index (χ3v) is 7.76. The van der Waals surface area contributed by atoms with Crippen LogP contribution >= 0.6 is 15.6 Å². The second-order valence-electron chi connectivity index (χ2n) is 9.55. The molecular weight excluding hydrogens is 678 g/mol. The summed E-state index contributed by atoms with van der Waals surface area (Å²) < 4.78 is 78.6. The van der Waals surface area contributed by atoms with Gasteiger partial charge in [0.05, 0.1) is 26.4 Å². The first kappa shape index (κ1) is 42.0. The summed E-state index contributed by atoms with van der Waals surface area (Å²) in [5, 5.41) is 0. The van der Waals surface area contributed by atoms with Gasteiger partial charge in [-0.2, -0.15) is 0 Å². The van der Waals surface area contributed by atoms with Crippen molar-refractivity contribution >= 4 is 39.5 Å². The van der Waals surface area contributed by atoms with Crippen LogP contribution in [-0.4, -0.2) is 76.7 Å². The van der Waals surface area contributed by atoms with E-state index < -0.39 is 66.0 Å². The highest BCUT2D eigenvalue weighted by molar-refractivity contribution is 7.49. The lowest BCUT2D eigenvalue weighted by Crippen LogP contribution is -2.15. The van der Waals surface area contributed by atoms with Crippen molar-refractivity contribution in [2.75, 3.05) is 52.9 Å². The van der Waals surface area contributed by atoms with Gasteiger partial charge < -0.3 is 28.0 Å². The molecule has 0 aliphatic rings. The minimum absolute atomic E-state index is 0.132. The molecule has 266 valence electrons. The zero-order chi connectivity index (χ0) is 36.3. The molecule has 1 aromatic carbocycles. The minimum atomic E-state index is -4.48. The lowest BCUT2D eigenvalue weighted by Gasteiger charge is -2.20. The molecule has 0 saturated heterocycles. The number of ether oxygens (including phenoxy) is 4. The molecule has 0 fully saturated rings. The summed E-state index contributed by atoms with van der Waals surface area (Å²) in [5.74, 6) is -3.17. The zero-order valence-electron chi connectivity index (χ0n) is 27.2. The largest absolute Gasteiger partial charge is 0.530 e. The van der Waals surface area contributed by atoms with E-state index in [1.165, 1.54) is 45.9 Å². The molecule has 48 heavy (non-hydrogen) atoms. The zero-order valence-corrected chi connectivity index (χ0v) is 29.0. The highest BCUT2D eigenvalue weighted by Gasteiger charge is 2.32. The van der Waals surface area contributed by atoms with Gasteiger partial charge in [0.25, 0.3) is 0 Å². The maximum atomic E-state index is 13.5. The van der Waals surface area contributed by atoms with Crippen LogP contribution in [0.5, 0.6) is 11.5 Å². The molecule has 0 aromatic heterocycles. The van der Waals surface area contributed by atoms with E-state index in [1.54, 1.807) is 0 Å². The van der Waals surface area contributed by atoms with Gasteiger partial charge >= 0.3 is 39.5 Å². The van der Waals surface area contributed by atoms with Gasteiger partial charge in [0.2, 0.25) is 0 Å². The molecule has 0 bridgehead atoms. The van der Waals surface area contributed by atoms with Crippen molar-refractivity contribution in [2.24, 2.45) is 0 Å². The number of benzene rings is 1. The van der Waals surface area contributed by atoms with E-state index in [0.717, 1.165) is 6.07 Å². The quantitative estimate of drug-likeness (QED) is 0.0444. The molecule has 0 N–H and O–H groups in total. The lowest BCUT2D eigenvalue weighted by molar-refractivity contribution is -0.141. The Morgan fingerprint density at radius 1 is 0.500 bits per heavy atom. The number of phosphoric ester groups is 2. The minimum Gasteiger partial charge on any atom is -0.460 e. The Bertz CT molecular complexity index is 1270. The topological polar surface area (TPSA) is 195 Å². The van der Waals surface area contributed by atoms with Crippen LogP contribution in [0, 0.1) is 0 Å². The normalized spacial score (nSPS) is 11.1. The Hall–Kier alpha value is -4.04. The van der Waals surface area contributed by atoms with Crippen molar-refractivity contribution in [2.45, 2.75) is 27.7 Å². The molecule has 18 heteroatoms.